The summed E-state index contributed by atoms with van der Waals surface area (Å²) in [7, 11) is 3.91. The number of carbonyl (C=O) groups is 1. The predicted octanol–water partition coefficient (Wildman–Crippen LogP) is 1.75. The van der Waals surface area contributed by atoms with Crippen LogP contribution in [0.15, 0.2) is 58.4 Å². The third-order valence-electron chi connectivity index (χ3n) is 3.60. The molecule has 3 aromatic rings. The van der Waals surface area contributed by atoms with Crippen LogP contribution in [-0.2, 0) is 0 Å². The monoisotopic (exact) mass is 335 g/mol. The van der Waals surface area contributed by atoms with Gasteiger partial charge in [-0.25, -0.2) is 10.4 Å². The number of carbonyl (C=O) groups excluding carboxylic acids is 1. The Labute approximate surface area is 144 Å². The van der Waals surface area contributed by atoms with Crippen LogP contribution in [-0.4, -0.2) is 36.2 Å². The molecule has 1 heterocycles. The van der Waals surface area contributed by atoms with E-state index in [1.165, 1.54) is 6.21 Å². The number of aromatic amines is 1. The zero-order chi connectivity index (χ0) is 17.8. The van der Waals surface area contributed by atoms with Gasteiger partial charge < -0.3 is 9.88 Å². The molecule has 7 heteroatoms. The molecule has 0 aliphatic rings. The molecule has 0 aliphatic heterocycles. The second kappa shape index (κ2) is 6.96. The van der Waals surface area contributed by atoms with Crippen molar-refractivity contribution in [1.82, 2.24) is 15.4 Å². The van der Waals surface area contributed by atoms with Gasteiger partial charge in [0.1, 0.15) is 0 Å². The van der Waals surface area contributed by atoms with E-state index < -0.39 is 11.5 Å². The van der Waals surface area contributed by atoms with Gasteiger partial charge in [-0.3, -0.25) is 9.59 Å². The van der Waals surface area contributed by atoms with E-state index in [2.05, 4.69) is 20.5 Å². The minimum Gasteiger partial charge on any atom is -0.378 e. The Morgan fingerprint density at radius 3 is 2.60 bits per heavy atom. The van der Waals surface area contributed by atoms with Gasteiger partial charge in [-0.05, 0) is 29.8 Å². The maximum Gasteiger partial charge on any atom is 0.295 e. The molecule has 0 unspecified atom stereocenters. The normalized spacial score (nSPS) is 11.0. The highest BCUT2D eigenvalue weighted by atomic mass is 16.2. The number of fused-ring (bicyclic) bond motifs is 1. The van der Waals surface area contributed by atoms with Crippen molar-refractivity contribution >= 4 is 28.8 Å². The van der Waals surface area contributed by atoms with E-state index in [-0.39, 0.29) is 5.69 Å². The van der Waals surface area contributed by atoms with Crippen molar-refractivity contribution < 1.29 is 4.79 Å². The van der Waals surface area contributed by atoms with Crippen molar-refractivity contribution in [2.75, 3.05) is 19.0 Å². The molecule has 0 fully saturated rings. The molecule has 1 aromatic heterocycles. The minimum atomic E-state index is -0.659. The number of hydrogen-bond donors (Lipinski definition) is 2. The first-order valence-electron chi connectivity index (χ1n) is 7.64. The van der Waals surface area contributed by atoms with E-state index in [4.69, 9.17) is 0 Å². The van der Waals surface area contributed by atoms with Gasteiger partial charge in [0, 0.05) is 19.8 Å². The Balaban J connectivity index is 1.74. The highest BCUT2D eigenvalue weighted by Gasteiger charge is 2.12. The van der Waals surface area contributed by atoms with Crippen molar-refractivity contribution in [3.63, 3.8) is 0 Å². The van der Waals surface area contributed by atoms with Gasteiger partial charge >= 0.3 is 0 Å². The second-order valence-electron chi connectivity index (χ2n) is 5.62. The lowest BCUT2D eigenvalue weighted by atomic mass is 10.2. The summed E-state index contributed by atoms with van der Waals surface area (Å²) >= 11 is 0. The number of nitrogens with zero attached hydrogens (tertiary/aromatic N) is 3. The molecule has 3 rings (SSSR count). The van der Waals surface area contributed by atoms with Crippen molar-refractivity contribution in [2.24, 2.45) is 5.10 Å². The maximum absolute atomic E-state index is 12.1. The number of rotatable bonds is 4. The van der Waals surface area contributed by atoms with Gasteiger partial charge in [0.05, 0.1) is 17.2 Å². The highest BCUT2D eigenvalue weighted by Crippen LogP contribution is 2.11. The summed E-state index contributed by atoms with van der Waals surface area (Å²) in [5.74, 6) is -0.659. The average molecular weight is 335 g/mol. The van der Waals surface area contributed by atoms with Gasteiger partial charge in [-0.1, -0.05) is 24.3 Å². The molecule has 1 amide bonds. The van der Waals surface area contributed by atoms with Crippen LogP contribution in [0.2, 0.25) is 0 Å². The lowest BCUT2D eigenvalue weighted by molar-refractivity contribution is 0.0949. The van der Waals surface area contributed by atoms with Crippen molar-refractivity contribution in [1.29, 1.82) is 0 Å². The van der Waals surface area contributed by atoms with Crippen LogP contribution in [0.1, 0.15) is 16.1 Å². The zero-order valence-electron chi connectivity index (χ0n) is 13.9. The molecular formula is C18H17N5O2. The predicted molar refractivity (Wildman–Crippen MR) is 98.2 cm³/mol. The van der Waals surface area contributed by atoms with E-state index in [1.54, 1.807) is 24.3 Å². The molecule has 126 valence electrons. The number of aromatic nitrogens is 2. The third-order valence-corrected chi connectivity index (χ3v) is 3.60. The molecular weight excluding hydrogens is 318 g/mol. The standard InChI is InChI=1S/C18H17N5O2/c1-23(2)13-9-7-12(8-10-13)11-19-22-18(25)16-17(24)21-15-6-4-3-5-14(15)20-16/h3-11H,1-2H3,(H,21,24)(H,22,25)/b19-11+. The number of H-pyrrole nitrogens is 1. The van der Waals surface area contributed by atoms with Gasteiger partial charge in [-0.2, -0.15) is 5.10 Å². The van der Waals surface area contributed by atoms with Crippen LogP contribution in [0.4, 0.5) is 5.69 Å². The Morgan fingerprint density at radius 2 is 1.88 bits per heavy atom. The fraction of sp³-hybridized carbons (Fsp3) is 0.111. The van der Waals surface area contributed by atoms with E-state index >= 15 is 0 Å². The van der Waals surface area contributed by atoms with Crippen LogP contribution in [0.3, 0.4) is 0 Å². The number of hydrazone groups is 1. The average Bonchev–Trinajstić information content (AvgIpc) is 2.61. The summed E-state index contributed by atoms with van der Waals surface area (Å²) < 4.78 is 0. The molecule has 0 aliphatic carbocycles. The molecule has 0 atom stereocenters. The third kappa shape index (κ3) is 3.72. The molecule has 0 saturated heterocycles. The minimum absolute atomic E-state index is 0.223. The SMILES string of the molecule is CN(C)c1ccc(/C=N/NC(=O)c2nc3ccccc3[nH]c2=O)cc1. The van der Waals surface area contributed by atoms with Crippen LogP contribution >= 0.6 is 0 Å². The topological polar surface area (TPSA) is 90.4 Å². The van der Waals surface area contributed by atoms with Gasteiger partial charge in [-0.15, -0.1) is 0 Å². The molecule has 25 heavy (non-hydrogen) atoms. The molecule has 0 bridgehead atoms. The fourth-order valence-electron chi connectivity index (χ4n) is 2.26. The summed E-state index contributed by atoms with van der Waals surface area (Å²) in [4.78, 5) is 32.8. The largest absolute Gasteiger partial charge is 0.378 e. The lowest BCUT2D eigenvalue weighted by Gasteiger charge is -2.11. The van der Waals surface area contributed by atoms with Crippen molar-refractivity contribution in [3.05, 3.63) is 70.1 Å². The Bertz CT molecular complexity index is 990. The highest BCUT2D eigenvalue weighted by molar-refractivity contribution is 5.94. The number of hydrogen-bond acceptors (Lipinski definition) is 5. The smallest absolute Gasteiger partial charge is 0.295 e. The van der Waals surface area contributed by atoms with Crippen molar-refractivity contribution in [3.8, 4) is 0 Å². The summed E-state index contributed by atoms with van der Waals surface area (Å²) in [6, 6.07) is 14.7. The number of nitrogens with one attached hydrogen (secondary N) is 2. The molecule has 0 saturated carbocycles. The van der Waals surface area contributed by atoms with Crippen molar-refractivity contribution in [2.45, 2.75) is 0 Å². The van der Waals surface area contributed by atoms with E-state index in [9.17, 15) is 9.59 Å². The van der Waals surface area contributed by atoms with Crippen LogP contribution in [0, 0.1) is 0 Å². The van der Waals surface area contributed by atoms with Gasteiger partial charge in [0.15, 0.2) is 5.69 Å². The lowest BCUT2D eigenvalue weighted by Crippen LogP contribution is -2.28. The first kappa shape index (κ1) is 16.4. The first-order valence-corrected chi connectivity index (χ1v) is 7.64. The number of benzene rings is 2. The van der Waals surface area contributed by atoms with E-state index in [0.29, 0.717) is 11.0 Å². The summed E-state index contributed by atoms with van der Waals surface area (Å²) in [5.41, 5.74) is 4.55. The maximum atomic E-state index is 12.1. The molecule has 0 spiro atoms. The number of para-hydroxylation sites is 2. The summed E-state index contributed by atoms with van der Waals surface area (Å²) in [6.45, 7) is 0. The van der Waals surface area contributed by atoms with Crippen LogP contribution in [0.25, 0.3) is 11.0 Å². The molecule has 7 nitrogen and oxygen atoms in total. The van der Waals surface area contributed by atoms with E-state index in [0.717, 1.165) is 11.3 Å². The molecule has 2 N–H and O–H groups in total. The van der Waals surface area contributed by atoms with Crippen LogP contribution in [0.5, 0.6) is 0 Å². The quantitative estimate of drug-likeness (QED) is 0.561. The zero-order valence-corrected chi connectivity index (χ0v) is 13.9. The number of anilines is 1. The summed E-state index contributed by atoms with van der Waals surface area (Å²) in [5, 5.41) is 3.88. The fourth-order valence-corrected chi connectivity index (χ4v) is 2.26. The molecule has 0 radical (unpaired) electrons. The van der Waals surface area contributed by atoms with E-state index in [1.807, 2.05) is 43.3 Å². The van der Waals surface area contributed by atoms with Gasteiger partial charge in [0.25, 0.3) is 11.5 Å². The van der Waals surface area contributed by atoms with Crippen LogP contribution < -0.4 is 15.9 Å². The number of amides is 1. The Hall–Kier alpha value is -3.48. The Kier molecular flexibility index (Phi) is 4.56. The molecule has 2 aromatic carbocycles. The summed E-state index contributed by atoms with van der Waals surface area (Å²) in [6.07, 6.45) is 1.51. The van der Waals surface area contributed by atoms with Gasteiger partial charge in [0.2, 0.25) is 0 Å². The Morgan fingerprint density at radius 1 is 1.16 bits per heavy atom. The first-order chi connectivity index (χ1) is 12.0. The second-order valence-corrected chi connectivity index (χ2v) is 5.62.